The van der Waals surface area contributed by atoms with Crippen LogP contribution in [0.25, 0.3) is 0 Å². The summed E-state index contributed by atoms with van der Waals surface area (Å²) >= 11 is 0. The lowest BCUT2D eigenvalue weighted by Crippen LogP contribution is -2.30. The summed E-state index contributed by atoms with van der Waals surface area (Å²) in [5.74, 6) is 1.25. The molecule has 0 radical (unpaired) electrons. The minimum absolute atomic E-state index is 0.0432. The molecule has 1 atom stereocenters. The first-order valence-corrected chi connectivity index (χ1v) is 10.6. The van der Waals surface area contributed by atoms with E-state index >= 15 is 0 Å². The number of methoxy groups -OCH3 is 2. The topological polar surface area (TPSA) is 67.9 Å². The Kier molecular flexibility index (Phi) is 6.40. The summed E-state index contributed by atoms with van der Waals surface area (Å²) in [5.41, 5.74) is 2.75. The van der Waals surface area contributed by atoms with Crippen molar-refractivity contribution in [2.75, 3.05) is 26.1 Å². The number of likely N-dealkylation sites (tertiary alicyclic amines) is 1. The summed E-state index contributed by atoms with van der Waals surface area (Å²) in [7, 11) is 3.26. The Labute approximate surface area is 187 Å². The van der Waals surface area contributed by atoms with Crippen molar-refractivity contribution in [1.29, 1.82) is 0 Å². The van der Waals surface area contributed by atoms with E-state index in [9.17, 15) is 9.59 Å². The van der Waals surface area contributed by atoms with Gasteiger partial charge in [-0.15, -0.1) is 0 Å². The van der Waals surface area contributed by atoms with Gasteiger partial charge in [-0.1, -0.05) is 18.2 Å². The van der Waals surface area contributed by atoms with Crippen molar-refractivity contribution >= 4 is 17.5 Å². The summed E-state index contributed by atoms with van der Waals surface area (Å²) in [4.78, 5) is 27.5. The number of benzene rings is 3. The van der Waals surface area contributed by atoms with Crippen LogP contribution in [-0.2, 0) is 0 Å². The van der Waals surface area contributed by atoms with Gasteiger partial charge in [0.05, 0.1) is 20.3 Å². The highest BCUT2D eigenvalue weighted by molar-refractivity contribution is 6.04. The van der Waals surface area contributed by atoms with E-state index in [0.717, 1.165) is 29.9 Å². The minimum atomic E-state index is -0.186. The second kappa shape index (κ2) is 9.56. The average molecular weight is 431 g/mol. The highest BCUT2D eigenvalue weighted by Gasteiger charge is 2.32. The van der Waals surface area contributed by atoms with Crippen LogP contribution in [0.5, 0.6) is 11.5 Å². The number of hydrogen-bond donors (Lipinski definition) is 1. The fourth-order valence-corrected chi connectivity index (χ4v) is 4.09. The zero-order valence-corrected chi connectivity index (χ0v) is 18.2. The van der Waals surface area contributed by atoms with Gasteiger partial charge in [-0.2, -0.15) is 0 Å². The first-order valence-electron chi connectivity index (χ1n) is 10.6. The average Bonchev–Trinajstić information content (AvgIpc) is 3.34. The van der Waals surface area contributed by atoms with Crippen LogP contribution in [0.2, 0.25) is 0 Å². The molecule has 2 amide bonds. The van der Waals surface area contributed by atoms with Crippen molar-refractivity contribution in [1.82, 2.24) is 4.90 Å². The number of rotatable bonds is 6. The van der Waals surface area contributed by atoms with Gasteiger partial charge >= 0.3 is 0 Å². The molecule has 1 fully saturated rings. The van der Waals surface area contributed by atoms with Crippen molar-refractivity contribution < 1.29 is 19.1 Å². The molecule has 6 nitrogen and oxygen atoms in total. The molecular weight excluding hydrogens is 404 g/mol. The molecule has 6 heteroatoms. The summed E-state index contributed by atoms with van der Waals surface area (Å²) < 4.78 is 10.9. The zero-order valence-electron chi connectivity index (χ0n) is 18.2. The predicted molar refractivity (Wildman–Crippen MR) is 123 cm³/mol. The van der Waals surface area contributed by atoms with Crippen molar-refractivity contribution in [3.63, 3.8) is 0 Å². The molecule has 4 rings (SSSR count). The normalized spacial score (nSPS) is 15.3. The molecule has 0 bridgehead atoms. The van der Waals surface area contributed by atoms with E-state index in [1.165, 1.54) is 0 Å². The first kappa shape index (κ1) is 21.4. The van der Waals surface area contributed by atoms with E-state index in [2.05, 4.69) is 5.32 Å². The molecule has 0 aromatic heterocycles. The third kappa shape index (κ3) is 4.44. The second-order valence-electron chi connectivity index (χ2n) is 7.66. The van der Waals surface area contributed by atoms with Crippen molar-refractivity contribution in [2.24, 2.45) is 0 Å². The predicted octanol–water partition coefficient (Wildman–Crippen LogP) is 4.93. The lowest BCUT2D eigenvalue weighted by molar-refractivity contribution is 0.0734. The standard InChI is InChI=1S/C26H26N2O4/c1-31-21-14-15-24(32-2)22(17-21)23-9-6-16-28(23)26(30)19-10-12-20(13-11-19)27-25(29)18-7-4-3-5-8-18/h3-5,7-8,10-15,17,23H,6,9,16H2,1-2H3,(H,27,29). The Morgan fingerprint density at radius 2 is 1.66 bits per heavy atom. The number of nitrogens with one attached hydrogen (secondary N) is 1. The number of nitrogens with zero attached hydrogens (tertiary/aromatic N) is 1. The van der Waals surface area contributed by atoms with E-state index < -0.39 is 0 Å². The summed E-state index contributed by atoms with van der Waals surface area (Å²) in [6.07, 6.45) is 1.78. The number of amides is 2. The van der Waals surface area contributed by atoms with Gasteiger partial charge in [-0.05, 0) is 67.4 Å². The molecule has 1 aliphatic rings. The smallest absolute Gasteiger partial charge is 0.255 e. The molecule has 1 N–H and O–H groups in total. The molecule has 0 saturated carbocycles. The van der Waals surface area contributed by atoms with Crippen LogP contribution in [0.15, 0.2) is 72.8 Å². The monoisotopic (exact) mass is 430 g/mol. The van der Waals surface area contributed by atoms with E-state index in [4.69, 9.17) is 9.47 Å². The van der Waals surface area contributed by atoms with Crippen LogP contribution in [0.1, 0.15) is 45.2 Å². The second-order valence-corrected chi connectivity index (χ2v) is 7.66. The van der Waals surface area contributed by atoms with E-state index in [1.54, 1.807) is 50.6 Å². The lowest BCUT2D eigenvalue weighted by atomic mass is 10.0. The van der Waals surface area contributed by atoms with Crippen LogP contribution >= 0.6 is 0 Å². The molecule has 1 saturated heterocycles. The first-order chi connectivity index (χ1) is 15.6. The van der Waals surface area contributed by atoms with Crippen LogP contribution < -0.4 is 14.8 Å². The van der Waals surface area contributed by atoms with Gasteiger partial charge in [0.15, 0.2) is 0 Å². The van der Waals surface area contributed by atoms with Gasteiger partial charge in [0.2, 0.25) is 0 Å². The summed E-state index contributed by atoms with van der Waals surface area (Å²) in [6.45, 7) is 0.677. The Balaban J connectivity index is 1.51. The van der Waals surface area contributed by atoms with Crippen molar-refractivity contribution in [2.45, 2.75) is 18.9 Å². The molecule has 1 heterocycles. The SMILES string of the molecule is COc1ccc(OC)c(C2CCCN2C(=O)c2ccc(NC(=O)c3ccccc3)cc2)c1. The number of carbonyl (C=O) groups is 2. The molecule has 0 spiro atoms. The maximum absolute atomic E-state index is 13.3. The number of anilines is 1. The summed E-state index contributed by atoms with van der Waals surface area (Å²) in [6, 6.07) is 21.6. The van der Waals surface area contributed by atoms with Gasteiger partial charge in [0, 0.05) is 28.9 Å². The fraction of sp³-hybridized carbons (Fsp3) is 0.231. The Hall–Kier alpha value is -3.80. The lowest BCUT2D eigenvalue weighted by Gasteiger charge is -2.27. The highest BCUT2D eigenvalue weighted by atomic mass is 16.5. The third-order valence-electron chi connectivity index (χ3n) is 5.74. The van der Waals surface area contributed by atoms with Crippen LogP contribution in [0, 0.1) is 0 Å². The highest BCUT2D eigenvalue weighted by Crippen LogP contribution is 2.39. The van der Waals surface area contributed by atoms with Gasteiger partial charge < -0.3 is 19.7 Å². The fourth-order valence-electron chi connectivity index (χ4n) is 4.09. The maximum Gasteiger partial charge on any atom is 0.255 e. The van der Waals surface area contributed by atoms with Gasteiger partial charge in [0.25, 0.3) is 11.8 Å². The van der Waals surface area contributed by atoms with E-state index in [0.29, 0.717) is 23.4 Å². The molecule has 32 heavy (non-hydrogen) atoms. The Bertz CT molecular complexity index is 1100. The van der Waals surface area contributed by atoms with Crippen molar-refractivity contribution in [3.8, 4) is 11.5 Å². The molecule has 164 valence electrons. The number of carbonyl (C=O) groups excluding carboxylic acids is 2. The Morgan fingerprint density at radius 3 is 2.34 bits per heavy atom. The molecule has 1 unspecified atom stereocenters. The van der Waals surface area contributed by atoms with Crippen LogP contribution in [0.3, 0.4) is 0 Å². The van der Waals surface area contributed by atoms with Crippen molar-refractivity contribution in [3.05, 3.63) is 89.5 Å². The summed E-state index contributed by atoms with van der Waals surface area (Å²) in [5, 5.41) is 2.86. The van der Waals surface area contributed by atoms with E-state index in [-0.39, 0.29) is 17.9 Å². The molecule has 1 aliphatic heterocycles. The van der Waals surface area contributed by atoms with Gasteiger partial charge in [0.1, 0.15) is 11.5 Å². The Morgan fingerprint density at radius 1 is 0.906 bits per heavy atom. The third-order valence-corrected chi connectivity index (χ3v) is 5.74. The quantitative estimate of drug-likeness (QED) is 0.602. The van der Waals surface area contributed by atoms with E-state index in [1.807, 2.05) is 41.3 Å². The van der Waals surface area contributed by atoms with Gasteiger partial charge in [-0.3, -0.25) is 9.59 Å². The molecule has 3 aromatic rings. The number of hydrogen-bond acceptors (Lipinski definition) is 4. The maximum atomic E-state index is 13.3. The molecule has 3 aromatic carbocycles. The zero-order chi connectivity index (χ0) is 22.5. The molecule has 0 aliphatic carbocycles. The molecular formula is C26H26N2O4. The van der Waals surface area contributed by atoms with Crippen LogP contribution in [0.4, 0.5) is 5.69 Å². The van der Waals surface area contributed by atoms with Gasteiger partial charge in [-0.25, -0.2) is 0 Å². The minimum Gasteiger partial charge on any atom is -0.497 e. The largest absolute Gasteiger partial charge is 0.497 e. The number of ether oxygens (including phenoxy) is 2. The van der Waals surface area contributed by atoms with Crippen LogP contribution in [-0.4, -0.2) is 37.5 Å².